The van der Waals surface area contributed by atoms with Gasteiger partial charge in [-0.1, -0.05) is 24.0 Å². The van der Waals surface area contributed by atoms with Gasteiger partial charge < -0.3 is 9.84 Å². The molecule has 0 aliphatic rings. The molecule has 3 heteroatoms. The SMILES string of the molecule is N#Cc1cccc(COc2ccc(C#CCO)cc2)c1. The van der Waals surface area contributed by atoms with Crippen molar-refractivity contribution in [1.82, 2.24) is 0 Å². The van der Waals surface area contributed by atoms with Crippen LogP contribution in [0.2, 0.25) is 0 Å². The van der Waals surface area contributed by atoms with Gasteiger partial charge in [0.2, 0.25) is 0 Å². The molecule has 1 N–H and O–H groups in total. The minimum absolute atomic E-state index is 0.145. The molecule has 2 aromatic rings. The first-order chi connectivity index (χ1) is 9.81. The molecule has 0 fully saturated rings. The summed E-state index contributed by atoms with van der Waals surface area (Å²) in [4.78, 5) is 0. The Kier molecular flexibility index (Phi) is 4.78. The average Bonchev–Trinajstić information content (AvgIpc) is 2.52. The lowest BCUT2D eigenvalue weighted by Crippen LogP contribution is -1.95. The number of ether oxygens (including phenoxy) is 1. The van der Waals surface area contributed by atoms with Gasteiger partial charge in [0.1, 0.15) is 19.0 Å². The fourth-order valence-electron chi connectivity index (χ4n) is 1.67. The molecule has 0 spiro atoms. The van der Waals surface area contributed by atoms with Gasteiger partial charge in [-0.3, -0.25) is 0 Å². The highest BCUT2D eigenvalue weighted by Gasteiger charge is 1.98. The lowest BCUT2D eigenvalue weighted by molar-refractivity contribution is 0.306. The number of nitrogens with zero attached hydrogens (tertiary/aromatic N) is 1. The van der Waals surface area contributed by atoms with E-state index in [-0.39, 0.29) is 6.61 Å². The smallest absolute Gasteiger partial charge is 0.119 e. The lowest BCUT2D eigenvalue weighted by atomic mass is 10.1. The lowest BCUT2D eigenvalue weighted by Gasteiger charge is -2.06. The second-order valence-electron chi connectivity index (χ2n) is 4.09. The normalized spacial score (nSPS) is 9.20. The number of hydrogen-bond acceptors (Lipinski definition) is 3. The zero-order chi connectivity index (χ0) is 14.2. The summed E-state index contributed by atoms with van der Waals surface area (Å²) < 4.78 is 5.64. The van der Waals surface area contributed by atoms with Crippen molar-refractivity contribution in [3.8, 4) is 23.7 Å². The Hall–Kier alpha value is -2.75. The van der Waals surface area contributed by atoms with E-state index in [4.69, 9.17) is 15.1 Å². The van der Waals surface area contributed by atoms with Crippen LogP contribution in [0.3, 0.4) is 0 Å². The van der Waals surface area contributed by atoms with Gasteiger partial charge in [-0.25, -0.2) is 0 Å². The summed E-state index contributed by atoms with van der Waals surface area (Å²) in [5.74, 6) is 6.15. The Balaban J connectivity index is 1.98. The molecule has 98 valence electrons. The molecule has 0 saturated carbocycles. The topological polar surface area (TPSA) is 53.2 Å². The number of hydrogen-bond donors (Lipinski definition) is 1. The second kappa shape index (κ2) is 6.99. The van der Waals surface area contributed by atoms with Crippen LogP contribution in [0.5, 0.6) is 5.75 Å². The Labute approximate surface area is 118 Å². The van der Waals surface area contributed by atoms with Crippen molar-refractivity contribution in [1.29, 1.82) is 5.26 Å². The zero-order valence-electron chi connectivity index (χ0n) is 10.8. The van der Waals surface area contributed by atoms with Crippen molar-refractivity contribution in [2.24, 2.45) is 0 Å². The van der Waals surface area contributed by atoms with Crippen LogP contribution in [0.1, 0.15) is 16.7 Å². The van der Waals surface area contributed by atoms with Crippen LogP contribution >= 0.6 is 0 Å². The van der Waals surface area contributed by atoms with Crippen LogP contribution in [-0.4, -0.2) is 11.7 Å². The molecule has 0 unspecified atom stereocenters. The van der Waals surface area contributed by atoms with E-state index in [1.807, 2.05) is 36.4 Å². The monoisotopic (exact) mass is 263 g/mol. The van der Waals surface area contributed by atoms with E-state index in [9.17, 15) is 0 Å². The fourth-order valence-corrected chi connectivity index (χ4v) is 1.67. The summed E-state index contributed by atoms with van der Waals surface area (Å²) in [6.45, 7) is 0.269. The Bertz CT molecular complexity index is 673. The summed E-state index contributed by atoms with van der Waals surface area (Å²) in [6.07, 6.45) is 0. The second-order valence-corrected chi connectivity index (χ2v) is 4.09. The number of nitriles is 1. The van der Waals surface area contributed by atoms with E-state index in [0.717, 1.165) is 16.9 Å². The molecular weight excluding hydrogens is 250 g/mol. The van der Waals surface area contributed by atoms with E-state index in [1.54, 1.807) is 12.1 Å². The maximum atomic E-state index is 8.83. The van der Waals surface area contributed by atoms with Crippen molar-refractivity contribution < 1.29 is 9.84 Å². The first kappa shape index (κ1) is 13.7. The number of aliphatic hydroxyl groups is 1. The van der Waals surface area contributed by atoms with Crippen molar-refractivity contribution in [2.45, 2.75) is 6.61 Å². The highest BCUT2D eigenvalue weighted by Crippen LogP contribution is 2.14. The van der Waals surface area contributed by atoms with E-state index in [1.165, 1.54) is 0 Å². The summed E-state index contributed by atoms with van der Waals surface area (Å²) in [7, 11) is 0. The summed E-state index contributed by atoms with van der Waals surface area (Å²) >= 11 is 0. The highest BCUT2D eigenvalue weighted by atomic mass is 16.5. The quantitative estimate of drug-likeness (QED) is 0.865. The molecule has 0 aromatic heterocycles. The summed E-state index contributed by atoms with van der Waals surface area (Å²) in [6, 6.07) is 16.8. The zero-order valence-corrected chi connectivity index (χ0v) is 10.8. The van der Waals surface area contributed by atoms with Gasteiger partial charge in [-0.2, -0.15) is 5.26 Å². The Morgan fingerprint density at radius 3 is 2.55 bits per heavy atom. The summed E-state index contributed by atoms with van der Waals surface area (Å²) in [5, 5.41) is 17.4. The maximum Gasteiger partial charge on any atom is 0.119 e. The van der Waals surface area contributed by atoms with Gasteiger partial charge in [0.15, 0.2) is 0 Å². The van der Waals surface area contributed by atoms with Gasteiger partial charge >= 0.3 is 0 Å². The number of benzene rings is 2. The van der Waals surface area contributed by atoms with E-state index in [0.29, 0.717) is 12.2 Å². The first-order valence-electron chi connectivity index (χ1n) is 6.13. The largest absolute Gasteiger partial charge is 0.489 e. The molecule has 0 aliphatic carbocycles. The third-order valence-electron chi connectivity index (χ3n) is 2.63. The van der Waals surface area contributed by atoms with Crippen molar-refractivity contribution >= 4 is 0 Å². The molecule has 2 rings (SSSR count). The molecule has 0 atom stereocenters. The molecule has 0 radical (unpaired) electrons. The Morgan fingerprint density at radius 2 is 1.85 bits per heavy atom. The molecule has 0 amide bonds. The predicted molar refractivity (Wildman–Crippen MR) is 75.9 cm³/mol. The first-order valence-corrected chi connectivity index (χ1v) is 6.13. The minimum Gasteiger partial charge on any atom is -0.489 e. The van der Waals surface area contributed by atoms with Crippen LogP contribution in [-0.2, 0) is 6.61 Å². The predicted octanol–water partition coefficient (Wildman–Crippen LogP) is 2.48. The van der Waals surface area contributed by atoms with Crippen LogP contribution in [0, 0.1) is 23.2 Å². The molecule has 0 bridgehead atoms. The van der Waals surface area contributed by atoms with Gasteiger partial charge in [0.25, 0.3) is 0 Å². The van der Waals surface area contributed by atoms with E-state index in [2.05, 4.69) is 17.9 Å². The fraction of sp³-hybridized carbons (Fsp3) is 0.118. The highest BCUT2D eigenvalue weighted by molar-refractivity contribution is 5.38. The van der Waals surface area contributed by atoms with Crippen molar-refractivity contribution in [2.75, 3.05) is 6.61 Å². The van der Waals surface area contributed by atoms with Crippen molar-refractivity contribution in [3.63, 3.8) is 0 Å². The molecule has 0 aliphatic heterocycles. The third-order valence-corrected chi connectivity index (χ3v) is 2.63. The van der Waals surface area contributed by atoms with Gasteiger partial charge in [-0.15, -0.1) is 0 Å². The van der Waals surface area contributed by atoms with E-state index < -0.39 is 0 Å². The van der Waals surface area contributed by atoms with E-state index >= 15 is 0 Å². The number of rotatable bonds is 3. The van der Waals surface area contributed by atoms with Gasteiger partial charge in [-0.05, 0) is 42.0 Å². The molecular formula is C17H13NO2. The van der Waals surface area contributed by atoms with Crippen molar-refractivity contribution in [3.05, 3.63) is 65.2 Å². The third kappa shape index (κ3) is 3.88. The van der Waals surface area contributed by atoms with Crippen LogP contribution in [0.25, 0.3) is 0 Å². The van der Waals surface area contributed by atoms with Crippen LogP contribution < -0.4 is 4.74 Å². The average molecular weight is 263 g/mol. The Morgan fingerprint density at radius 1 is 1.05 bits per heavy atom. The minimum atomic E-state index is -0.145. The number of aliphatic hydroxyl groups excluding tert-OH is 1. The maximum absolute atomic E-state index is 8.83. The summed E-state index contributed by atoms with van der Waals surface area (Å²) in [5.41, 5.74) is 2.41. The van der Waals surface area contributed by atoms with Gasteiger partial charge in [0, 0.05) is 5.56 Å². The molecule has 20 heavy (non-hydrogen) atoms. The molecule has 3 nitrogen and oxygen atoms in total. The van der Waals surface area contributed by atoms with Crippen LogP contribution in [0.15, 0.2) is 48.5 Å². The van der Waals surface area contributed by atoms with Gasteiger partial charge in [0.05, 0.1) is 11.6 Å². The standard InChI is InChI=1S/C17H13NO2/c18-12-15-3-1-4-16(11-15)13-20-17-8-6-14(7-9-17)5-2-10-19/h1,3-4,6-9,11,19H,10,13H2. The molecule has 2 aromatic carbocycles. The van der Waals surface area contributed by atoms with Crippen LogP contribution in [0.4, 0.5) is 0 Å². The molecule has 0 saturated heterocycles. The molecule has 0 heterocycles.